The van der Waals surface area contributed by atoms with E-state index in [-0.39, 0.29) is 24.4 Å². The van der Waals surface area contributed by atoms with Gasteiger partial charge in [0.1, 0.15) is 0 Å². The fourth-order valence-corrected chi connectivity index (χ4v) is 1.87. The highest BCUT2D eigenvalue weighted by atomic mass is 16.2. The number of nitrogens with one attached hydrogen (secondary N) is 1. The number of likely N-dealkylation sites (N-methyl/N-ethyl adjacent to an activating group) is 1. The smallest absolute Gasteiger partial charge is 0.239 e. The molecule has 5 nitrogen and oxygen atoms in total. The normalized spacial score (nSPS) is 17.7. The molecule has 1 rings (SSSR count). The number of carbonyl (C=O) groups excluding carboxylic acids is 2. The molecule has 1 atom stereocenters. The lowest BCUT2D eigenvalue weighted by Crippen LogP contribution is -2.48. The average Bonchev–Trinajstić information content (AvgIpc) is 2.35. The van der Waals surface area contributed by atoms with Crippen LogP contribution in [0.15, 0.2) is 0 Å². The number of nitrogens with zero attached hydrogens (tertiary/aromatic N) is 2. The third kappa shape index (κ3) is 4.34. The fraction of sp³-hybridized carbons (Fsp3) is 0.833. The van der Waals surface area contributed by atoms with Gasteiger partial charge in [0.15, 0.2) is 0 Å². The number of rotatable bonds is 4. The van der Waals surface area contributed by atoms with E-state index >= 15 is 0 Å². The summed E-state index contributed by atoms with van der Waals surface area (Å²) in [6.07, 6.45) is 3.40. The second-order valence-corrected chi connectivity index (χ2v) is 4.78. The summed E-state index contributed by atoms with van der Waals surface area (Å²) >= 11 is 0. The molecular formula is C12H23N3O2. The quantitative estimate of drug-likeness (QED) is 0.757. The minimum Gasteiger partial charge on any atom is -0.348 e. The molecule has 0 aromatic carbocycles. The van der Waals surface area contributed by atoms with E-state index in [0.29, 0.717) is 0 Å². The second kappa shape index (κ2) is 6.59. The molecule has 1 aliphatic rings. The van der Waals surface area contributed by atoms with Crippen molar-refractivity contribution in [1.82, 2.24) is 15.1 Å². The lowest BCUT2D eigenvalue weighted by Gasteiger charge is -2.29. The van der Waals surface area contributed by atoms with Crippen LogP contribution in [0.4, 0.5) is 0 Å². The first-order chi connectivity index (χ1) is 8.02. The van der Waals surface area contributed by atoms with E-state index in [0.717, 1.165) is 25.9 Å². The molecule has 1 fully saturated rings. The van der Waals surface area contributed by atoms with Crippen LogP contribution < -0.4 is 5.32 Å². The highest BCUT2D eigenvalue weighted by molar-refractivity contribution is 5.83. The van der Waals surface area contributed by atoms with Crippen LogP contribution in [0.2, 0.25) is 0 Å². The maximum atomic E-state index is 12.0. The summed E-state index contributed by atoms with van der Waals surface area (Å²) in [5.74, 6) is 0.0968. The molecule has 0 radical (unpaired) electrons. The molecular weight excluding hydrogens is 218 g/mol. The van der Waals surface area contributed by atoms with E-state index in [1.807, 2.05) is 11.8 Å². The van der Waals surface area contributed by atoms with Gasteiger partial charge in [-0.1, -0.05) is 0 Å². The van der Waals surface area contributed by atoms with Gasteiger partial charge in [0.2, 0.25) is 11.8 Å². The molecule has 0 saturated carbocycles. The van der Waals surface area contributed by atoms with Gasteiger partial charge in [-0.3, -0.25) is 14.9 Å². The van der Waals surface area contributed by atoms with Crippen molar-refractivity contribution in [3.05, 3.63) is 0 Å². The van der Waals surface area contributed by atoms with E-state index < -0.39 is 0 Å². The Balaban J connectivity index is 2.33. The van der Waals surface area contributed by atoms with Gasteiger partial charge in [-0.25, -0.2) is 0 Å². The van der Waals surface area contributed by atoms with E-state index in [4.69, 9.17) is 0 Å². The molecule has 1 aliphatic heterocycles. The number of amides is 2. The molecule has 0 bridgehead atoms. The zero-order valence-corrected chi connectivity index (χ0v) is 11.0. The summed E-state index contributed by atoms with van der Waals surface area (Å²) < 4.78 is 0. The first-order valence-electron chi connectivity index (χ1n) is 6.24. The highest BCUT2D eigenvalue weighted by Gasteiger charge is 2.22. The van der Waals surface area contributed by atoms with E-state index in [2.05, 4.69) is 5.32 Å². The van der Waals surface area contributed by atoms with Crippen molar-refractivity contribution in [3.8, 4) is 0 Å². The van der Waals surface area contributed by atoms with Crippen LogP contribution in [0.25, 0.3) is 0 Å². The van der Waals surface area contributed by atoms with Crippen molar-refractivity contribution < 1.29 is 9.59 Å². The topological polar surface area (TPSA) is 52.7 Å². The van der Waals surface area contributed by atoms with Crippen LogP contribution in [0.1, 0.15) is 26.2 Å². The lowest BCUT2D eigenvalue weighted by molar-refractivity contribution is -0.134. The molecule has 98 valence electrons. The van der Waals surface area contributed by atoms with Crippen LogP contribution in [0, 0.1) is 0 Å². The van der Waals surface area contributed by atoms with E-state index in [1.54, 1.807) is 14.1 Å². The van der Waals surface area contributed by atoms with Gasteiger partial charge < -0.3 is 9.80 Å². The third-order valence-electron chi connectivity index (χ3n) is 3.10. The highest BCUT2D eigenvalue weighted by Crippen LogP contribution is 2.09. The molecule has 5 heteroatoms. The van der Waals surface area contributed by atoms with Crippen molar-refractivity contribution in [2.45, 2.75) is 32.2 Å². The Morgan fingerprint density at radius 3 is 2.35 bits per heavy atom. The van der Waals surface area contributed by atoms with Gasteiger partial charge in [-0.05, 0) is 26.2 Å². The van der Waals surface area contributed by atoms with Crippen molar-refractivity contribution in [2.75, 3.05) is 33.7 Å². The molecule has 1 N–H and O–H groups in total. The zero-order chi connectivity index (χ0) is 12.8. The molecule has 2 amide bonds. The number of likely N-dealkylation sites (tertiary alicyclic amines) is 1. The minimum atomic E-state index is -0.281. The Labute approximate surface area is 103 Å². The first kappa shape index (κ1) is 14.0. The number of hydrogen-bond acceptors (Lipinski definition) is 3. The van der Waals surface area contributed by atoms with E-state index in [1.165, 1.54) is 11.3 Å². The van der Waals surface area contributed by atoms with Gasteiger partial charge in [-0.15, -0.1) is 0 Å². The molecule has 1 heterocycles. The van der Waals surface area contributed by atoms with Gasteiger partial charge >= 0.3 is 0 Å². The summed E-state index contributed by atoms with van der Waals surface area (Å²) in [5.41, 5.74) is 0. The number of carbonyl (C=O) groups is 2. The fourth-order valence-electron chi connectivity index (χ4n) is 1.87. The van der Waals surface area contributed by atoms with Gasteiger partial charge in [0.25, 0.3) is 0 Å². The predicted octanol–water partition coefficient (Wildman–Crippen LogP) is 0.0652. The number of piperidine rings is 1. The molecule has 0 aliphatic carbocycles. The van der Waals surface area contributed by atoms with Crippen LogP contribution in [0.3, 0.4) is 0 Å². The van der Waals surface area contributed by atoms with Crippen molar-refractivity contribution in [3.63, 3.8) is 0 Å². The summed E-state index contributed by atoms with van der Waals surface area (Å²) in [6, 6.07) is -0.281. The molecule has 17 heavy (non-hydrogen) atoms. The standard InChI is InChI=1S/C12H23N3O2/c1-10(13-9-11(16)14(2)3)12(17)15-7-5-4-6-8-15/h10,13H,4-9H2,1-3H3. The van der Waals surface area contributed by atoms with E-state index in [9.17, 15) is 9.59 Å². The van der Waals surface area contributed by atoms with Gasteiger partial charge in [-0.2, -0.15) is 0 Å². The molecule has 1 unspecified atom stereocenters. The Bertz CT molecular complexity index is 273. The maximum Gasteiger partial charge on any atom is 0.239 e. The minimum absolute atomic E-state index is 0.0108. The van der Waals surface area contributed by atoms with Crippen molar-refractivity contribution in [2.24, 2.45) is 0 Å². The van der Waals surface area contributed by atoms with Gasteiger partial charge in [0.05, 0.1) is 12.6 Å². The summed E-state index contributed by atoms with van der Waals surface area (Å²) in [5, 5.41) is 2.98. The first-order valence-corrected chi connectivity index (χ1v) is 6.24. The SMILES string of the molecule is CC(NCC(=O)N(C)C)C(=O)N1CCCCC1. The second-order valence-electron chi connectivity index (χ2n) is 4.78. The monoisotopic (exact) mass is 241 g/mol. The summed E-state index contributed by atoms with van der Waals surface area (Å²) in [4.78, 5) is 26.8. The lowest BCUT2D eigenvalue weighted by atomic mass is 10.1. The molecule has 0 aromatic heterocycles. The summed E-state index contributed by atoms with van der Waals surface area (Å²) in [6.45, 7) is 3.74. The Morgan fingerprint density at radius 1 is 1.24 bits per heavy atom. The van der Waals surface area contributed by atoms with Gasteiger partial charge in [0, 0.05) is 27.2 Å². The largest absolute Gasteiger partial charge is 0.348 e. The zero-order valence-electron chi connectivity index (χ0n) is 11.0. The van der Waals surface area contributed by atoms with Crippen LogP contribution in [-0.2, 0) is 9.59 Å². The van der Waals surface area contributed by atoms with Crippen molar-refractivity contribution >= 4 is 11.8 Å². The predicted molar refractivity (Wildman–Crippen MR) is 66.6 cm³/mol. The average molecular weight is 241 g/mol. The Kier molecular flexibility index (Phi) is 5.41. The molecule has 1 saturated heterocycles. The summed E-state index contributed by atoms with van der Waals surface area (Å²) in [7, 11) is 3.42. The molecule has 0 spiro atoms. The Morgan fingerprint density at radius 2 is 1.82 bits per heavy atom. The Hall–Kier alpha value is -1.10. The van der Waals surface area contributed by atoms with Crippen LogP contribution >= 0.6 is 0 Å². The third-order valence-corrected chi connectivity index (χ3v) is 3.10. The molecule has 0 aromatic rings. The number of hydrogen-bond donors (Lipinski definition) is 1. The maximum absolute atomic E-state index is 12.0. The van der Waals surface area contributed by atoms with Crippen LogP contribution in [0.5, 0.6) is 0 Å². The van der Waals surface area contributed by atoms with Crippen LogP contribution in [-0.4, -0.2) is 61.4 Å². The van der Waals surface area contributed by atoms with Crippen molar-refractivity contribution in [1.29, 1.82) is 0 Å².